The first-order chi connectivity index (χ1) is 14.7. The maximum atomic E-state index is 13.8. The van der Waals surface area contributed by atoms with Gasteiger partial charge >= 0.3 is 5.97 Å². The average Bonchev–Trinajstić information content (AvgIpc) is 2.74. The van der Waals surface area contributed by atoms with Crippen molar-refractivity contribution in [1.29, 1.82) is 0 Å². The van der Waals surface area contributed by atoms with Crippen LogP contribution in [0.5, 0.6) is 0 Å². The van der Waals surface area contributed by atoms with Crippen molar-refractivity contribution in [3.05, 3.63) is 63.9 Å². The quantitative estimate of drug-likeness (QED) is 0.634. The van der Waals surface area contributed by atoms with Crippen LogP contribution in [0.1, 0.15) is 23.2 Å². The predicted octanol–water partition coefficient (Wildman–Crippen LogP) is 3.90. The van der Waals surface area contributed by atoms with E-state index in [9.17, 15) is 27.6 Å². The van der Waals surface area contributed by atoms with Gasteiger partial charge in [0, 0.05) is 23.6 Å². The maximum absolute atomic E-state index is 13.8. The minimum absolute atomic E-state index is 0.0379. The van der Waals surface area contributed by atoms with E-state index in [0.717, 1.165) is 12.1 Å². The van der Waals surface area contributed by atoms with Crippen LogP contribution in [-0.2, 0) is 14.3 Å². The summed E-state index contributed by atoms with van der Waals surface area (Å²) in [6, 6.07) is 6.84. The van der Waals surface area contributed by atoms with Crippen LogP contribution >= 0.6 is 15.9 Å². The van der Waals surface area contributed by atoms with E-state index in [1.165, 1.54) is 17.0 Å². The second-order valence-electron chi connectivity index (χ2n) is 6.97. The molecule has 1 fully saturated rings. The second kappa shape index (κ2) is 9.95. The normalized spacial score (nSPS) is 14.3. The van der Waals surface area contributed by atoms with E-state index in [-0.39, 0.29) is 37.2 Å². The number of ether oxygens (including phenoxy) is 1. The number of esters is 1. The van der Waals surface area contributed by atoms with Crippen LogP contribution in [0.2, 0.25) is 0 Å². The predicted molar refractivity (Wildman–Crippen MR) is 109 cm³/mol. The van der Waals surface area contributed by atoms with Gasteiger partial charge in [-0.05, 0) is 43.2 Å². The van der Waals surface area contributed by atoms with E-state index in [2.05, 4.69) is 21.2 Å². The zero-order valence-electron chi connectivity index (χ0n) is 16.2. The van der Waals surface area contributed by atoms with Crippen LogP contribution in [0.4, 0.5) is 18.9 Å². The van der Waals surface area contributed by atoms with Gasteiger partial charge in [0.15, 0.2) is 6.61 Å². The molecule has 2 aromatic rings. The Kier molecular flexibility index (Phi) is 7.32. The molecule has 1 aliphatic heterocycles. The summed E-state index contributed by atoms with van der Waals surface area (Å²) in [6.45, 7) is -0.203. The lowest BCUT2D eigenvalue weighted by molar-refractivity contribution is -0.152. The molecule has 0 bridgehead atoms. The summed E-state index contributed by atoms with van der Waals surface area (Å²) >= 11 is 3.11. The fourth-order valence-electron chi connectivity index (χ4n) is 3.18. The molecule has 0 aliphatic carbocycles. The molecule has 6 nitrogen and oxygen atoms in total. The van der Waals surface area contributed by atoms with Gasteiger partial charge in [0.2, 0.25) is 0 Å². The zero-order chi connectivity index (χ0) is 22.5. The number of nitrogens with one attached hydrogen (secondary N) is 1. The molecule has 0 saturated carbocycles. The summed E-state index contributed by atoms with van der Waals surface area (Å²) in [7, 11) is 0. The van der Waals surface area contributed by atoms with E-state index in [1.807, 2.05) is 0 Å². The molecular weight excluding hydrogens is 481 g/mol. The summed E-state index contributed by atoms with van der Waals surface area (Å²) in [5.74, 6) is -4.76. The van der Waals surface area contributed by atoms with Gasteiger partial charge in [-0.25, -0.2) is 13.2 Å². The number of likely N-dealkylation sites (tertiary alicyclic amines) is 1. The van der Waals surface area contributed by atoms with E-state index in [4.69, 9.17) is 4.74 Å². The number of rotatable bonds is 5. The van der Waals surface area contributed by atoms with Gasteiger partial charge in [0.25, 0.3) is 11.8 Å². The molecule has 31 heavy (non-hydrogen) atoms. The molecular formula is C21H18BrF3N2O4. The van der Waals surface area contributed by atoms with Crippen molar-refractivity contribution < 1.29 is 32.3 Å². The van der Waals surface area contributed by atoms with E-state index in [0.29, 0.717) is 10.5 Å². The van der Waals surface area contributed by atoms with Crippen molar-refractivity contribution >= 4 is 39.4 Å². The van der Waals surface area contributed by atoms with Crippen LogP contribution in [0.15, 0.2) is 40.9 Å². The summed E-state index contributed by atoms with van der Waals surface area (Å²) in [4.78, 5) is 37.9. The van der Waals surface area contributed by atoms with E-state index in [1.54, 1.807) is 6.07 Å². The highest BCUT2D eigenvalue weighted by atomic mass is 79.9. The minimum atomic E-state index is -0.945. The van der Waals surface area contributed by atoms with Gasteiger partial charge in [-0.1, -0.05) is 15.9 Å². The molecule has 1 heterocycles. The lowest BCUT2D eigenvalue weighted by atomic mass is 9.96. The molecule has 2 aromatic carbocycles. The van der Waals surface area contributed by atoms with Crippen LogP contribution in [0.3, 0.4) is 0 Å². The number of amides is 2. The second-order valence-corrected chi connectivity index (χ2v) is 7.89. The Labute approximate surface area is 184 Å². The molecule has 0 radical (unpaired) electrons. The third kappa shape index (κ3) is 5.84. The maximum Gasteiger partial charge on any atom is 0.309 e. The first-order valence-electron chi connectivity index (χ1n) is 9.40. The van der Waals surface area contributed by atoms with Crippen molar-refractivity contribution in [2.45, 2.75) is 12.8 Å². The Hall–Kier alpha value is -2.88. The van der Waals surface area contributed by atoms with Crippen LogP contribution < -0.4 is 5.32 Å². The van der Waals surface area contributed by atoms with Gasteiger partial charge in [0.05, 0.1) is 17.2 Å². The number of nitrogens with zero attached hydrogens (tertiary/aromatic N) is 1. The van der Waals surface area contributed by atoms with Crippen molar-refractivity contribution in [3.8, 4) is 0 Å². The van der Waals surface area contributed by atoms with Gasteiger partial charge in [0.1, 0.15) is 17.5 Å². The fourth-order valence-corrected chi connectivity index (χ4v) is 3.52. The fraction of sp³-hybridized carbons (Fsp3) is 0.286. The van der Waals surface area contributed by atoms with Crippen LogP contribution in [-0.4, -0.2) is 42.4 Å². The number of halogens is 4. The molecule has 1 N–H and O–H groups in total. The molecule has 0 aromatic heterocycles. The molecule has 1 aliphatic rings. The van der Waals surface area contributed by atoms with Gasteiger partial charge in [-0.3, -0.25) is 14.4 Å². The topological polar surface area (TPSA) is 75.7 Å². The highest BCUT2D eigenvalue weighted by Crippen LogP contribution is 2.22. The number of hydrogen-bond acceptors (Lipinski definition) is 4. The number of carbonyl (C=O) groups is 3. The molecule has 3 rings (SSSR count). The summed E-state index contributed by atoms with van der Waals surface area (Å²) in [5, 5.41) is 2.32. The Bertz CT molecular complexity index is 1010. The summed E-state index contributed by atoms with van der Waals surface area (Å²) in [6.07, 6.45) is 0.548. The average molecular weight is 499 g/mol. The van der Waals surface area contributed by atoms with Crippen molar-refractivity contribution in [1.82, 2.24) is 4.90 Å². The monoisotopic (exact) mass is 498 g/mol. The third-order valence-electron chi connectivity index (χ3n) is 4.83. The molecule has 10 heteroatoms. The zero-order valence-corrected chi connectivity index (χ0v) is 17.8. The molecule has 2 amide bonds. The van der Waals surface area contributed by atoms with Crippen molar-refractivity contribution in [3.63, 3.8) is 0 Å². The Balaban J connectivity index is 1.46. The van der Waals surface area contributed by atoms with Crippen LogP contribution in [0, 0.1) is 23.4 Å². The van der Waals surface area contributed by atoms with Crippen molar-refractivity contribution in [2.75, 3.05) is 25.0 Å². The molecule has 0 unspecified atom stereocenters. The number of carbonyl (C=O) groups excluding carboxylic acids is 3. The van der Waals surface area contributed by atoms with E-state index < -0.39 is 47.8 Å². The van der Waals surface area contributed by atoms with Gasteiger partial charge in [-0.15, -0.1) is 0 Å². The number of anilines is 1. The van der Waals surface area contributed by atoms with Crippen molar-refractivity contribution in [2.24, 2.45) is 5.92 Å². The first-order valence-corrected chi connectivity index (χ1v) is 10.2. The molecule has 0 atom stereocenters. The minimum Gasteiger partial charge on any atom is -0.455 e. The lowest BCUT2D eigenvalue weighted by Crippen LogP contribution is -2.41. The van der Waals surface area contributed by atoms with Gasteiger partial charge < -0.3 is 15.0 Å². The highest BCUT2D eigenvalue weighted by Gasteiger charge is 2.30. The first kappa shape index (κ1) is 22.8. The Morgan fingerprint density at radius 2 is 1.74 bits per heavy atom. The summed E-state index contributed by atoms with van der Waals surface area (Å²) in [5.41, 5.74) is -0.275. The third-order valence-corrected chi connectivity index (χ3v) is 5.32. The highest BCUT2D eigenvalue weighted by molar-refractivity contribution is 9.10. The SMILES string of the molecule is O=C(COC(=O)C1CCN(C(=O)c2ccc(F)cc2F)CC1)Nc1ccc(Br)cc1F. The molecule has 1 saturated heterocycles. The Morgan fingerprint density at radius 3 is 2.39 bits per heavy atom. The van der Waals surface area contributed by atoms with Crippen LogP contribution in [0.25, 0.3) is 0 Å². The van der Waals surface area contributed by atoms with E-state index >= 15 is 0 Å². The Morgan fingerprint density at radius 1 is 1.03 bits per heavy atom. The lowest BCUT2D eigenvalue weighted by Gasteiger charge is -2.31. The largest absolute Gasteiger partial charge is 0.455 e. The molecule has 0 spiro atoms. The standard InChI is InChI=1S/C21H18BrF3N2O4/c22-13-1-4-18(17(25)9-13)26-19(28)11-31-21(30)12-5-7-27(8-6-12)20(29)15-3-2-14(23)10-16(15)24/h1-4,9-10,12H,5-8,11H2,(H,26,28). The number of benzene rings is 2. The molecule has 164 valence electrons. The number of piperidine rings is 1. The summed E-state index contributed by atoms with van der Waals surface area (Å²) < 4.78 is 46.1. The smallest absolute Gasteiger partial charge is 0.309 e. The van der Waals surface area contributed by atoms with Gasteiger partial charge in [-0.2, -0.15) is 0 Å². The number of hydrogen-bond donors (Lipinski definition) is 1.